The van der Waals surface area contributed by atoms with Gasteiger partial charge in [0.25, 0.3) is 5.91 Å². The van der Waals surface area contributed by atoms with Crippen molar-refractivity contribution in [1.82, 2.24) is 19.6 Å². The van der Waals surface area contributed by atoms with Gasteiger partial charge in [-0.15, -0.1) is 11.3 Å². The van der Waals surface area contributed by atoms with Crippen molar-refractivity contribution >= 4 is 39.9 Å². The Morgan fingerprint density at radius 1 is 1.16 bits per heavy atom. The number of hydrogen-bond donors (Lipinski definition) is 1. The van der Waals surface area contributed by atoms with Gasteiger partial charge in [0, 0.05) is 35.3 Å². The molecule has 6 rings (SSSR count). The van der Waals surface area contributed by atoms with Crippen LogP contribution in [0, 0.1) is 24.7 Å². The van der Waals surface area contributed by atoms with Gasteiger partial charge in [-0.3, -0.25) is 9.20 Å². The molecule has 2 aromatic carbocycles. The number of thiazole rings is 1. The Labute approximate surface area is 230 Å². The molecule has 196 valence electrons. The van der Waals surface area contributed by atoms with E-state index in [4.69, 9.17) is 16.3 Å². The zero-order valence-corrected chi connectivity index (χ0v) is 22.8. The molecule has 38 heavy (non-hydrogen) atoms. The number of ether oxygens (including phenoxy) is 1. The first-order valence-electron chi connectivity index (χ1n) is 12.9. The Hall–Kier alpha value is -3.36. The second kappa shape index (κ2) is 10.1. The predicted octanol–water partition coefficient (Wildman–Crippen LogP) is 6.30. The van der Waals surface area contributed by atoms with Gasteiger partial charge in [0.2, 0.25) is 5.88 Å². The highest BCUT2D eigenvalue weighted by Crippen LogP contribution is 2.45. The molecule has 3 heterocycles. The molecule has 4 atom stereocenters. The van der Waals surface area contributed by atoms with E-state index in [2.05, 4.69) is 17.2 Å². The summed E-state index contributed by atoms with van der Waals surface area (Å²) >= 11 is 7.59. The number of likely N-dealkylation sites (tertiary alicyclic amines) is 1. The second-order valence-corrected chi connectivity index (χ2v) is 11.7. The number of aryl methyl sites for hydroxylation is 1. The van der Waals surface area contributed by atoms with Crippen LogP contribution in [0.4, 0.5) is 4.79 Å². The highest BCUT2D eigenvalue weighted by molar-refractivity contribution is 7.15. The standard InChI is InChI=1S/C29H29ClN4O3S/c1-17-13-20-16-34(26(35)23-6-4-3-5-22(23)19-7-9-21(30)10-8-19)25(24(20)14-17)15-31-29(36)37-27-18(2)32-28-33(27)11-12-38-28/h3-12,17,20,24-25H,13-16H2,1-2H3,(H,31,36)/t17?,20-,24-,25+/m0/s1. The summed E-state index contributed by atoms with van der Waals surface area (Å²) in [5, 5.41) is 5.51. The predicted molar refractivity (Wildman–Crippen MR) is 149 cm³/mol. The third-order valence-corrected chi connectivity index (χ3v) is 8.92. The second-order valence-electron chi connectivity index (χ2n) is 10.4. The van der Waals surface area contributed by atoms with Crippen molar-refractivity contribution in [2.75, 3.05) is 13.1 Å². The minimum absolute atomic E-state index is 0.00983. The minimum Gasteiger partial charge on any atom is -0.391 e. The van der Waals surface area contributed by atoms with Gasteiger partial charge < -0.3 is 15.0 Å². The van der Waals surface area contributed by atoms with Crippen molar-refractivity contribution in [3.8, 4) is 17.0 Å². The SMILES string of the molecule is Cc1nc2sccn2c1OC(=O)NC[C@@H]1[C@H]2CC(C)C[C@H]2CN1C(=O)c1ccccc1-c1ccc(Cl)cc1. The molecule has 1 N–H and O–H groups in total. The number of fused-ring (bicyclic) bond motifs is 2. The van der Waals surface area contributed by atoms with Crippen LogP contribution < -0.4 is 10.1 Å². The maximum Gasteiger partial charge on any atom is 0.414 e. The number of aromatic nitrogens is 2. The van der Waals surface area contributed by atoms with Crippen LogP contribution in [0.25, 0.3) is 16.1 Å². The fourth-order valence-electron chi connectivity index (χ4n) is 6.25. The Morgan fingerprint density at radius 3 is 2.76 bits per heavy atom. The number of nitrogens with one attached hydrogen (secondary N) is 1. The summed E-state index contributed by atoms with van der Waals surface area (Å²) in [6.45, 7) is 5.13. The number of carbonyl (C=O) groups excluding carboxylic acids is 2. The lowest BCUT2D eigenvalue weighted by Gasteiger charge is -2.29. The number of nitrogens with zero attached hydrogens (tertiary/aromatic N) is 3. The fraction of sp³-hybridized carbons (Fsp3) is 0.345. The van der Waals surface area contributed by atoms with Crippen LogP contribution >= 0.6 is 22.9 Å². The fourth-order valence-corrected chi connectivity index (χ4v) is 7.13. The first-order chi connectivity index (χ1) is 18.4. The summed E-state index contributed by atoms with van der Waals surface area (Å²) in [5.41, 5.74) is 3.14. The van der Waals surface area contributed by atoms with Crippen LogP contribution in [0.3, 0.4) is 0 Å². The molecule has 0 bridgehead atoms. The van der Waals surface area contributed by atoms with E-state index >= 15 is 0 Å². The summed E-state index contributed by atoms with van der Waals surface area (Å²) in [6, 6.07) is 15.1. The third-order valence-electron chi connectivity index (χ3n) is 7.91. The molecule has 1 saturated heterocycles. The van der Waals surface area contributed by atoms with Crippen molar-refractivity contribution < 1.29 is 14.3 Å². The van der Waals surface area contributed by atoms with Crippen molar-refractivity contribution in [3.05, 3.63) is 76.4 Å². The van der Waals surface area contributed by atoms with Gasteiger partial charge in [-0.1, -0.05) is 48.9 Å². The molecule has 2 amide bonds. The minimum atomic E-state index is -0.537. The topological polar surface area (TPSA) is 75.9 Å². The normalized spacial score (nSPS) is 22.6. The molecule has 9 heteroatoms. The summed E-state index contributed by atoms with van der Waals surface area (Å²) in [4.78, 5) is 34.1. The third kappa shape index (κ3) is 4.56. The average Bonchev–Trinajstić information content (AvgIpc) is 3.65. The van der Waals surface area contributed by atoms with Crippen LogP contribution in [0.2, 0.25) is 5.02 Å². The monoisotopic (exact) mass is 548 g/mol. The van der Waals surface area contributed by atoms with Crippen molar-refractivity contribution in [2.24, 2.45) is 17.8 Å². The molecule has 2 aliphatic rings. The first kappa shape index (κ1) is 24.9. The first-order valence-corrected chi connectivity index (χ1v) is 14.2. The maximum atomic E-state index is 14.0. The molecular formula is C29H29ClN4O3S. The van der Waals surface area contributed by atoms with Gasteiger partial charge in [-0.2, -0.15) is 0 Å². The van der Waals surface area contributed by atoms with E-state index in [9.17, 15) is 9.59 Å². The number of hydrogen-bond acceptors (Lipinski definition) is 5. The van der Waals surface area contributed by atoms with E-state index in [1.807, 2.05) is 71.9 Å². The Balaban J connectivity index is 1.23. The molecule has 2 fully saturated rings. The summed E-state index contributed by atoms with van der Waals surface area (Å²) < 4.78 is 7.43. The summed E-state index contributed by atoms with van der Waals surface area (Å²) in [7, 11) is 0. The zero-order chi connectivity index (χ0) is 26.4. The molecule has 1 unspecified atom stereocenters. The van der Waals surface area contributed by atoms with Gasteiger partial charge in [0.05, 0.1) is 6.04 Å². The van der Waals surface area contributed by atoms with E-state index in [1.165, 1.54) is 11.3 Å². The lowest BCUT2D eigenvalue weighted by molar-refractivity contribution is 0.0707. The zero-order valence-electron chi connectivity index (χ0n) is 21.3. The molecule has 0 spiro atoms. The van der Waals surface area contributed by atoms with Crippen LogP contribution in [0.15, 0.2) is 60.1 Å². The summed E-state index contributed by atoms with van der Waals surface area (Å²) in [6.07, 6.45) is 3.44. The Bertz CT molecular complexity index is 1500. The Kier molecular flexibility index (Phi) is 6.61. The number of carbonyl (C=O) groups is 2. The number of halogens is 1. The van der Waals surface area contributed by atoms with Gasteiger partial charge in [0.15, 0.2) is 4.96 Å². The highest BCUT2D eigenvalue weighted by atomic mass is 35.5. The average molecular weight is 549 g/mol. The molecule has 7 nitrogen and oxygen atoms in total. The smallest absolute Gasteiger partial charge is 0.391 e. The number of imidazole rings is 1. The van der Waals surface area contributed by atoms with Gasteiger partial charge in [-0.05, 0) is 66.8 Å². The largest absolute Gasteiger partial charge is 0.414 e. The summed E-state index contributed by atoms with van der Waals surface area (Å²) in [5.74, 6) is 1.80. The van der Waals surface area contributed by atoms with E-state index in [0.29, 0.717) is 53.0 Å². The lowest BCUT2D eigenvalue weighted by Crippen LogP contribution is -2.46. The van der Waals surface area contributed by atoms with E-state index in [1.54, 1.807) is 4.40 Å². The van der Waals surface area contributed by atoms with Gasteiger partial charge in [-0.25, -0.2) is 9.78 Å². The molecule has 1 aliphatic heterocycles. The van der Waals surface area contributed by atoms with E-state index in [-0.39, 0.29) is 11.9 Å². The molecular weight excluding hydrogens is 520 g/mol. The Morgan fingerprint density at radius 2 is 1.95 bits per heavy atom. The van der Waals surface area contributed by atoms with Crippen molar-refractivity contribution in [3.63, 3.8) is 0 Å². The number of rotatable bonds is 5. The lowest BCUT2D eigenvalue weighted by atomic mass is 9.93. The molecule has 4 aromatic rings. The number of amides is 2. The van der Waals surface area contributed by atoms with Crippen molar-refractivity contribution in [1.29, 1.82) is 0 Å². The van der Waals surface area contributed by atoms with Crippen molar-refractivity contribution in [2.45, 2.75) is 32.7 Å². The molecule has 2 aromatic heterocycles. The van der Waals surface area contributed by atoms with E-state index in [0.717, 1.165) is 28.9 Å². The van der Waals surface area contributed by atoms with Crippen LogP contribution in [0.5, 0.6) is 5.88 Å². The van der Waals surface area contributed by atoms with Gasteiger partial charge >= 0.3 is 6.09 Å². The van der Waals surface area contributed by atoms with E-state index < -0.39 is 6.09 Å². The maximum absolute atomic E-state index is 14.0. The van der Waals surface area contributed by atoms with Crippen LogP contribution in [-0.4, -0.2) is 45.4 Å². The van der Waals surface area contributed by atoms with Crippen LogP contribution in [0.1, 0.15) is 35.8 Å². The molecule has 1 saturated carbocycles. The van der Waals surface area contributed by atoms with Gasteiger partial charge in [0.1, 0.15) is 5.69 Å². The quantitative estimate of drug-likeness (QED) is 0.317. The number of benzene rings is 2. The molecule has 1 aliphatic carbocycles. The van der Waals surface area contributed by atoms with Crippen LogP contribution in [-0.2, 0) is 0 Å². The highest BCUT2D eigenvalue weighted by Gasteiger charge is 2.48. The molecule has 0 radical (unpaired) electrons.